The zero-order valence-electron chi connectivity index (χ0n) is 9.83. The van der Waals surface area contributed by atoms with Gasteiger partial charge in [-0.3, -0.25) is 4.99 Å². The summed E-state index contributed by atoms with van der Waals surface area (Å²) in [5.41, 5.74) is 0. The van der Waals surface area contributed by atoms with Crippen LogP contribution < -0.4 is 5.32 Å². The van der Waals surface area contributed by atoms with Gasteiger partial charge in [-0.25, -0.2) is 0 Å². The van der Waals surface area contributed by atoms with Crippen LogP contribution >= 0.6 is 11.8 Å². The van der Waals surface area contributed by atoms with E-state index < -0.39 is 0 Å². The molecule has 0 amide bonds. The molecule has 1 aliphatic carbocycles. The van der Waals surface area contributed by atoms with E-state index in [-0.39, 0.29) is 0 Å². The van der Waals surface area contributed by atoms with Gasteiger partial charge in [0.25, 0.3) is 0 Å². The number of rotatable bonds is 5. The molecule has 1 heterocycles. The highest BCUT2D eigenvalue weighted by Crippen LogP contribution is 2.31. The van der Waals surface area contributed by atoms with E-state index in [1.165, 1.54) is 30.9 Å². The number of aliphatic imine (C=N–C) groups is 1. The smallest absolute Gasteiger partial charge is 0.156 e. The Morgan fingerprint density at radius 1 is 1.40 bits per heavy atom. The van der Waals surface area contributed by atoms with Crippen molar-refractivity contribution in [1.29, 1.82) is 0 Å². The van der Waals surface area contributed by atoms with Gasteiger partial charge in [-0.1, -0.05) is 38.5 Å². The van der Waals surface area contributed by atoms with Crippen molar-refractivity contribution in [2.45, 2.75) is 44.8 Å². The highest BCUT2D eigenvalue weighted by atomic mass is 32.2. The van der Waals surface area contributed by atoms with E-state index >= 15 is 0 Å². The lowest BCUT2D eigenvalue weighted by Crippen LogP contribution is -2.23. The summed E-state index contributed by atoms with van der Waals surface area (Å²) >= 11 is 1.98. The summed E-state index contributed by atoms with van der Waals surface area (Å²) in [6.07, 6.45) is 5.42. The van der Waals surface area contributed by atoms with Gasteiger partial charge in [0.15, 0.2) is 5.17 Å². The Kier molecular flexibility index (Phi) is 3.95. The average molecular weight is 226 g/mol. The topological polar surface area (TPSA) is 24.4 Å². The van der Waals surface area contributed by atoms with Crippen LogP contribution in [0.1, 0.15) is 39.5 Å². The normalized spacial score (nSPS) is 25.8. The molecule has 0 radical (unpaired) electrons. The first kappa shape index (κ1) is 11.3. The molecule has 3 heteroatoms. The summed E-state index contributed by atoms with van der Waals surface area (Å²) < 4.78 is 0. The Hall–Kier alpha value is -0.180. The molecule has 1 saturated carbocycles. The summed E-state index contributed by atoms with van der Waals surface area (Å²) in [6.45, 7) is 6.78. The van der Waals surface area contributed by atoms with Gasteiger partial charge in [0.1, 0.15) is 0 Å². The van der Waals surface area contributed by atoms with Gasteiger partial charge in [-0.05, 0) is 24.7 Å². The van der Waals surface area contributed by atoms with Crippen molar-refractivity contribution in [2.75, 3.05) is 13.1 Å². The van der Waals surface area contributed by atoms with Gasteiger partial charge in [0.2, 0.25) is 0 Å². The maximum atomic E-state index is 4.60. The molecule has 15 heavy (non-hydrogen) atoms. The Bertz CT molecular complexity index is 232. The Morgan fingerprint density at radius 2 is 2.13 bits per heavy atom. The molecular weight excluding hydrogens is 204 g/mol. The molecule has 0 aromatic heterocycles. The predicted molar refractivity (Wildman–Crippen MR) is 68.5 cm³/mol. The summed E-state index contributed by atoms with van der Waals surface area (Å²) in [5.74, 6) is 1.79. The quantitative estimate of drug-likeness (QED) is 0.779. The summed E-state index contributed by atoms with van der Waals surface area (Å²) in [6, 6.07) is 0. The van der Waals surface area contributed by atoms with Crippen molar-refractivity contribution < 1.29 is 0 Å². The van der Waals surface area contributed by atoms with Gasteiger partial charge in [-0.2, -0.15) is 0 Å². The fourth-order valence-electron chi connectivity index (χ4n) is 2.10. The number of hydrogen-bond donors (Lipinski definition) is 1. The molecule has 1 unspecified atom stereocenters. The van der Waals surface area contributed by atoms with Crippen molar-refractivity contribution in [1.82, 2.24) is 5.32 Å². The van der Waals surface area contributed by atoms with Crippen LogP contribution in [0.4, 0.5) is 0 Å². The first-order chi connectivity index (χ1) is 7.33. The van der Waals surface area contributed by atoms with E-state index in [1.807, 2.05) is 11.8 Å². The molecule has 0 aromatic rings. The zero-order chi connectivity index (χ0) is 10.7. The van der Waals surface area contributed by atoms with E-state index in [0.717, 1.165) is 30.2 Å². The van der Waals surface area contributed by atoms with Crippen LogP contribution in [0, 0.1) is 11.8 Å². The highest BCUT2D eigenvalue weighted by Gasteiger charge is 2.27. The maximum Gasteiger partial charge on any atom is 0.156 e. The average Bonchev–Trinajstić information content (AvgIpc) is 2.97. The largest absolute Gasteiger partial charge is 0.365 e. The molecule has 1 atom stereocenters. The van der Waals surface area contributed by atoms with Crippen LogP contribution in [0.25, 0.3) is 0 Å². The minimum atomic E-state index is 0.738. The lowest BCUT2D eigenvalue weighted by atomic mass is 9.99. The second kappa shape index (κ2) is 5.24. The lowest BCUT2D eigenvalue weighted by Gasteiger charge is -2.18. The summed E-state index contributed by atoms with van der Waals surface area (Å²) in [5, 5.41) is 5.43. The van der Waals surface area contributed by atoms with Crippen LogP contribution in [0.3, 0.4) is 0 Å². The summed E-state index contributed by atoms with van der Waals surface area (Å²) in [4.78, 5) is 4.60. The van der Waals surface area contributed by atoms with Gasteiger partial charge in [0, 0.05) is 11.8 Å². The number of amidine groups is 1. The predicted octanol–water partition coefficient (Wildman–Crippen LogP) is 2.89. The van der Waals surface area contributed by atoms with Gasteiger partial charge < -0.3 is 5.32 Å². The molecule has 0 spiro atoms. The van der Waals surface area contributed by atoms with Crippen molar-refractivity contribution >= 4 is 16.9 Å². The fraction of sp³-hybridized carbons (Fsp3) is 0.917. The van der Waals surface area contributed by atoms with E-state index in [0.29, 0.717) is 0 Å². The fourth-order valence-corrected chi connectivity index (χ4v) is 3.43. The van der Waals surface area contributed by atoms with Crippen molar-refractivity contribution in [3.8, 4) is 0 Å². The number of hydrogen-bond acceptors (Lipinski definition) is 3. The molecule has 1 N–H and O–H groups in total. The monoisotopic (exact) mass is 226 g/mol. The molecule has 0 aromatic carbocycles. The third kappa shape index (κ3) is 3.13. The molecule has 0 saturated heterocycles. The van der Waals surface area contributed by atoms with Crippen LogP contribution in [-0.4, -0.2) is 23.5 Å². The van der Waals surface area contributed by atoms with E-state index in [4.69, 9.17) is 0 Å². The number of thioether (sulfide) groups is 1. The van der Waals surface area contributed by atoms with Crippen LogP contribution in [0.15, 0.2) is 4.99 Å². The van der Waals surface area contributed by atoms with Crippen molar-refractivity contribution in [3.63, 3.8) is 0 Å². The van der Waals surface area contributed by atoms with Crippen LogP contribution in [0.2, 0.25) is 0 Å². The van der Waals surface area contributed by atoms with Crippen LogP contribution in [0.5, 0.6) is 0 Å². The van der Waals surface area contributed by atoms with Gasteiger partial charge in [0.05, 0.1) is 6.54 Å². The Labute approximate surface area is 97.3 Å². The zero-order valence-corrected chi connectivity index (χ0v) is 10.6. The molecule has 1 aliphatic heterocycles. The standard InChI is InChI=1S/C12H22N2S/c1-3-10(4-2)11-8-14-12(15-11)13-7-9-5-6-9/h9-11H,3-8H2,1-2H3,(H,13,14). The minimum absolute atomic E-state index is 0.738. The molecule has 2 aliphatic rings. The van der Waals surface area contributed by atoms with Crippen LogP contribution in [-0.2, 0) is 0 Å². The Morgan fingerprint density at radius 3 is 2.73 bits per heavy atom. The molecule has 86 valence electrons. The first-order valence-corrected chi connectivity index (χ1v) is 7.16. The van der Waals surface area contributed by atoms with Crippen molar-refractivity contribution in [3.05, 3.63) is 0 Å². The van der Waals surface area contributed by atoms with E-state index in [9.17, 15) is 0 Å². The molecular formula is C12H22N2S. The summed E-state index contributed by atoms with van der Waals surface area (Å²) in [7, 11) is 0. The molecule has 1 fully saturated rings. The number of nitrogens with zero attached hydrogens (tertiary/aromatic N) is 1. The van der Waals surface area contributed by atoms with E-state index in [2.05, 4.69) is 24.2 Å². The third-order valence-electron chi connectivity index (χ3n) is 3.49. The molecule has 0 bridgehead atoms. The molecule has 2 rings (SSSR count). The third-order valence-corrected chi connectivity index (χ3v) is 4.82. The number of nitrogens with one attached hydrogen (secondary N) is 1. The Balaban J connectivity index is 1.71. The van der Waals surface area contributed by atoms with Gasteiger partial charge in [-0.15, -0.1) is 0 Å². The second-order valence-electron chi connectivity index (χ2n) is 4.70. The maximum absolute atomic E-state index is 4.60. The SMILES string of the molecule is CCC(CC)C1CN=C(NCC2CC2)S1. The molecule has 2 nitrogen and oxygen atoms in total. The van der Waals surface area contributed by atoms with E-state index in [1.54, 1.807) is 0 Å². The minimum Gasteiger partial charge on any atom is -0.365 e. The lowest BCUT2D eigenvalue weighted by molar-refractivity contribution is 0.479. The first-order valence-electron chi connectivity index (χ1n) is 6.28. The van der Waals surface area contributed by atoms with Crippen molar-refractivity contribution in [2.24, 2.45) is 16.8 Å². The second-order valence-corrected chi connectivity index (χ2v) is 5.93. The van der Waals surface area contributed by atoms with Gasteiger partial charge >= 0.3 is 0 Å². The highest BCUT2D eigenvalue weighted by molar-refractivity contribution is 8.14.